The number of carbonyl (C=O) groups excluding carboxylic acids is 1. The van der Waals surface area contributed by atoms with Crippen molar-refractivity contribution in [2.75, 3.05) is 13.2 Å². The zero-order chi connectivity index (χ0) is 23.3. The number of hydrogen-bond acceptors (Lipinski definition) is 5. The van der Waals surface area contributed by atoms with Crippen molar-refractivity contribution in [1.82, 2.24) is 10.6 Å². The SMILES string of the molecule is CCOC(=O)C1=C(C)NC(=S)N[C@@H]1c1cc(Cl)c(OCc2ccc(Cl)cc2)c(OCC)c1. The summed E-state index contributed by atoms with van der Waals surface area (Å²) in [5.74, 6) is 0.452. The Balaban J connectivity index is 1.96. The maximum absolute atomic E-state index is 12.6. The minimum atomic E-state index is -0.551. The lowest BCUT2D eigenvalue weighted by molar-refractivity contribution is -0.139. The standard InChI is InChI=1S/C23H24Cl2N2O4S/c1-4-29-18-11-15(20-19(22(28)30-5-2)13(3)26-23(32)27-20)10-17(25)21(18)31-12-14-6-8-16(24)9-7-14/h6-11,20H,4-5,12H2,1-3H3,(H2,26,27,32)/t20-/m1/s1. The predicted octanol–water partition coefficient (Wildman–Crippen LogP) is 5.33. The molecule has 0 saturated carbocycles. The fourth-order valence-corrected chi connectivity index (χ4v) is 3.99. The molecule has 6 nitrogen and oxygen atoms in total. The van der Waals surface area contributed by atoms with Gasteiger partial charge in [0, 0.05) is 10.7 Å². The van der Waals surface area contributed by atoms with Crippen molar-refractivity contribution in [3.8, 4) is 11.5 Å². The molecule has 1 aliphatic rings. The van der Waals surface area contributed by atoms with E-state index in [1.165, 1.54) is 0 Å². The lowest BCUT2D eigenvalue weighted by Crippen LogP contribution is -2.45. The second kappa shape index (κ2) is 10.9. The molecule has 32 heavy (non-hydrogen) atoms. The summed E-state index contributed by atoms with van der Waals surface area (Å²) in [4.78, 5) is 12.6. The minimum absolute atomic E-state index is 0.259. The number of hydrogen-bond donors (Lipinski definition) is 2. The Hall–Kier alpha value is -2.48. The van der Waals surface area contributed by atoms with Crippen LogP contribution in [-0.4, -0.2) is 24.3 Å². The van der Waals surface area contributed by atoms with Gasteiger partial charge in [-0.1, -0.05) is 35.3 Å². The zero-order valence-corrected chi connectivity index (χ0v) is 20.3. The zero-order valence-electron chi connectivity index (χ0n) is 18.0. The second-order valence-electron chi connectivity index (χ2n) is 6.97. The van der Waals surface area contributed by atoms with E-state index in [2.05, 4.69) is 10.6 Å². The fourth-order valence-electron chi connectivity index (χ4n) is 3.32. The Morgan fingerprint density at radius 3 is 2.47 bits per heavy atom. The average molecular weight is 495 g/mol. The second-order valence-corrected chi connectivity index (χ2v) is 8.22. The topological polar surface area (TPSA) is 68.8 Å². The predicted molar refractivity (Wildman–Crippen MR) is 129 cm³/mol. The summed E-state index contributed by atoms with van der Waals surface area (Å²) in [5, 5.41) is 7.51. The first kappa shape index (κ1) is 24.2. The number of benzene rings is 2. The van der Waals surface area contributed by atoms with Gasteiger partial charge in [0.15, 0.2) is 16.6 Å². The molecule has 1 heterocycles. The molecule has 0 unspecified atom stereocenters. The first-order chi connectivity index (χ1) is 15.3. The lowest BCUT2D eigenvalue weighted by atomic mass is 9.95. The van der Waals surface area contributed by atoms with Crippen molar-refractivity contribution >= 4 is 46.5 Å². The summed E-state index contributed by atoms with van der Waals surface area (Å²) < 4.78 is 17.0. The normalized spacial score (nSPS) is 15.7. The number of rotatable bonds is 8. The first-order valence-electron chi connectivity index (χ1n) is 10.1. The van der Waals surface area contributed by atoms with Crippen molar-refractivity contribution in [2.45, 2.75) is 33.4 Å². The minimum Gasteiger partial charge on any atom is -0.490 e. The summed E-state index contributed by atoms with van der Waals surface area (Å²) in [6.45, 7) is 6.37. The molecule has 9 heteroatoms. The van der Waals surface area contributed by atoms with E-state index in [-0.39, 0.29) is 6.61 Å². The van der Waals surface area contributed by atoms with Gasteiger partial charge in [0.2, 0.25) is 0 Å². The number of nitrogens with one attached hydrogen (secondary N) is 2. The summed E-state index contributed by atoms with van der Waals surface area (Å²) >= 11 is 17.9. The van der Waals surface area contributed by atoms with Crippen LogP contribution in [-0.2, 0) is 16.1 Å². The molecule has 170 valence electrons. The molecule has 2 aromatic carbocycles. The molecule has 2 aromatic rings. The van der Waals surface area contributed by atoms with Gasteiger partial charge < -0.3 is 24.8 Å². The third-order valence-electron chi connectivity index (χ3n) is 4.73. The smallest absolute Gasteiger partial charge is 0.338 e. The van der Waals surface area contributed by atoms with Crippen LogP contribution in [0.3, 0.4) is 0 Å². The van der Waals surface area contributed by atoms with Crippen LogP contribution in [0.15, 0.2) is 47.7 Å². The van der Waals surface area contributed by atoms with Gasteiger partial charge in [-0.3, -0.25) is 0 Å². The van der Waals surface area contributed by atoms with E-state index in [0.29, 0.717) is 56.7 Å². The van der Waals surface area contributed by atoms with Crippen molar-refractivity contribution in [3.05, 3.63) is 68.8 Å². The first-order valence-corrected chi connectivity index (χ1v) is 11.3. The van der Waals surface area contributed by atoms with E-state index in [1.807, 2.05) is 19.1 Å². The van der Waals surface area contributed by atoms with Crippen molar-refractivity contribution in [2.24, 2.45) is 0 Å². The Morgan fingerprint density at radius 1 is 1.09 bits per heavy atom. The van der Waals surface area contributed by atoms with Crippen LogP contribution in [0.1, 0.15) is 37.9 Å². The van der Waals surface area contributed by atoms with E-state index in [4.69, 9.17) is 49.6 Å². The average Bonchev–Trinajstić information content (AvgIpc) is 2.74. The number of thiocarbonyl (C=S) groups is 1. The number of ether oxygens (including phenoxy) is 3. The van der Waals surface area contributed by atoms with Crippen LogP contribution in [0.5, 0.6) is 11.5 Å². The van der Waals surface area contributed by atoms with E-state index >= 15 is 0 Å². The molecular formula is C23H24Cl2N2O4S. The van der Waals surface area contributed by atoms with Gasteiger partial charge in [0.1, 0.15) is 6.61 Å². The summed E-state index contributed by atoms with van der Waals surface area (Å²) in [7, 11) is 0. The van der Waals surface area contributed by atoms with Gasteiger partial charge in [-0.05, 0) is 68.4 Å². The molecule has 0 spiro atoms. The number of allylic oxidation sites excluding steroid dienone is 1. The van der Waals surface area contributed by atoms with Crippen LogP contribution in [0.4, 0.5) is 0 Å². The third kappa shape index (κ3) is 5.65. The Bertz CT molecular complexity index is 1040. The molecule has 0 radical (unpaired) electrons. The summed E-state index contributed by atoms with van der Waals surface area (Å²) in [6, 6.07) is 10.3. The molecule has 0 fully saturated rings. The highest BCUT2D eigenvalue weighted by atomic mass is 35.5. The maximum atomic E-state index is 12.6. The van der Waals surface area contributed by atoms with E-state index in [0.717, 1.165) is 5.56 Å². The highest BCUT2D eigenvalue weighted by Crippen LogP contribution is 2.40. The van der Waals surface area contributed by atoms with Crippen LogP contribution in [0, 0.1) is 0 Å². The summed E-state index contributed by atoms with van der Waals surface area (Å²) in [6.07, 6.45) is 0. The molecule has 0 saturated heterocycles. The van der Waals surface area contributed by atoms with Gasteiger partial charge in [0.05, 0.1) is 29.9 Å². The van der Waals surface area contributed by atoms with Gasteiger partial charge in [-0.15, -0.1) is 0 Å². The lowest BCUT2D eigenvalue weighted by Gasteiger charge is -2.30. The number of carbonyl (C=O) groups is 1. The number of halogens is 2. The molecule has 0 bridgehead atoms. The van der Waals surface area contributed by atoms with Crippen molar-refractivity contribution < 1.29 is 19.0 Å². The van der Waals surface area contributed by atoms with Gasteiger partial charge in [-0.25, -0.2) is 4.79 Å². The van der Waals surface area contributed by atoms with Crippen LogP contribution in [0.25, 0.3) is 0 Å². The van der Waals surface area contributed by atoms with Gasteiger partial charge in [-0.2, -0.15) is 0 Å². The largest absolute Gasteiger partial charge is 0.490 e. The highest BCUT2D eigenvalue weighted by Gasteiger charge is 2.32. The van der Waals surface area contributed by atoms with Crippen LogP contribution < -0.4 is 20.1 Å². The highest BCUT2D eigenvalue weighted by molar-refractivity contribution is 7.80. The Morgan fingerprint density at radius 2 is 1.81 bits per heavy atom. The van der Waals surface area contributed by atoms with Gasteiger partial charge in [0.25, 0.3) is 0 Å². The monoisotopic (exact) mass is 494 g/mol. The van der Waals surface area contributed by atoms with Crippen molar-refractivity contribution in [1.29, 1.82) is 0 Å². The van der Waals surface area contributed by atoms with Crippen LogP contribution >= 0.6 is 35.4 Å². The molecule has 0 aromatic heterocycles. The fraction of sp³-hybridized carbons (Fsp3) is 0.304. The molecule has 0 aliphatic carbocycles. The molecule has 1 aliphatic heterocycles. The Kier molecular flexibility index (Phi) is 8.23. The maximum Gasteiger partial charge on any atom is 0.338 e. The van der Waals surface area contributed by atoms with E-state index in [1.54, 1.807) is 38.1 Å². The summed E-state index contributed by atoms with van der Waals surface area (Å²) in [5.41, 5.74) is 2.68. The molecule has 2 N–H and O–H groups in total. The van der Waals surface area contributed by atoms with Crippen molar-refractivity contribution in [3.63, 3.8) is 0 Å². The quantitative estimate of drug-likeness (QED) is 0.379. The molecular weight excluding hydrogens is 471 g/mol. The van der Waals surface area contributed by atoms with Gasteiger partial charge >= 0.3 is 5.97 Å². The third-order valence-corrected chi connectivity index (χ3v) is 5.48. The molecule has 3 rings (SSSR count). The number of esters is 1. The Labute approximate surface area is 202 Å². The molecule has 1 atom stereocenters. The van der Waals surface area contributed by atoms with Crippen LogP contribution in [0.2, 0.25) is 10.0 Å². The van der Waals surface area contributed by atoms with E-state index in [9.17, 15) is 4.79 Å². The van der Waals surface area contributed by atoms with E-state index < -0.39 is 12.0 Å². The molecule has 0 amide bonds.